The Bertz CT molecular complexity index is 376. The number of hydrogen-bond acceptors (Lipinski definition) is 2. The third kappa shape index (κ3) is 2.07. The summed E-state index contributed by atoms with van der Waals surface area (Å²) in [6, 6.07) is 6.29. The highest BCUT2D eigenvalue weighted by molar-refractivity contribution is 5.82. The molecule has 2 rings (SSSR count). The van der Waals surface area contributed by atoms with Crippen molar-refractivity contribution in [2.24, 2.45) is 5.92 Å². The predicted octanol–water partition coefficient (Wildman–Crippen LogP) is 1.88. The third-order valence-electron chi connectivity index (χ3n) is 3.02. The highest BCUT2D eigenvalue weighted by atomic mass is 19.1. The lowest BCUT2D eigenvalue weighted by molar-refractivity contribution is -0.117. The first kappa shape index (κ1) is 10.3. The van der Waals surface area contributed by atoms with E-state index in [0.717, 1.165) is 5.56 Å². The van der Waals surface area contributed by atoms with Crippen molar-refractivity contribution in [3.63, 3.8) is 0 Å². The summed E-state index contributed by atoms with van der Waals surface area (Å²) >= 11 is 0. The van der Waals surface area contributed by atoms with Gasteiger partial charge in [0.15, 0.2) is 0 Å². The Labute approximate surface area is 87.7 Å². The lowest BCUT2D eigenvalue weighted by Crippen LogP contribution is -2.10. The molecule has 2 atom stereocenters. The predicted molar refractivity (Wildman–Crippen MR) is 54.0 cm³/mol. The lowest BCUT2D eigenvalue weighted by Gasteiger charge is -2.16. The minimum absolute atomic E-state index is 0.00702. The highest BCUT2D eigenvalue weighted by Crippen LogP contribution is 2.37. The molecular formula is C12H13FO2. The van der Waals surface area contributed by atoms with Crippen LogP contribution in [0, 0.1) is 11.7 Å². The molecule has 1 saturated carbocycles. The maximum atomic E-state index is 13.0. The first-order valence-corrected chi connectivity index (χ1v) is 5.08. The highest BCUT2D eigenvalue weighted by Gasteiger charge is 2.33. The quantitative estimate of drug-likeness (QED) is 0.805. The Morgan fingerprint density at radius 1 is 1.40 bits per heavy atom. The first-order chi connectivity index (χ1) is 7.20. The molecule has 0 heterocycles. The van der Waals surface area contributed by atoms with Crippen LogP contribution in [0.5, 0.6) is 0 Å². The van der Waals surface area contributed by atoms with Crippen molar-refractivity contribution in [2.45, 2.75) is 18.8 Å². The molecule has 1 aliphatic rings. The zero-order valence-electron chi connectivity index (χ0n) is 8.32. The van der Waals surface area contributed by atoms with Gasteiger partial charge in [0, 0.05) is 19.4 Å². The molecule has 0 amide bonds. The number of benzene rings is 1. The second-order valence-corrected chi connectivity index (χ2v) is 4.05. The number of aliphatic hydroxyl groups excluding tert-OH is 1. The fourth-order valence-corrected chi connectivity index (χ4v) is 2.25. The van der Waals surface area contributed by atoms with E-state index in [9.17, 15) is 9.18 Å². The van der Waals surface area contributed by atoms with Gasteiger partial charge in [0.2, 0.25) is 0 Å². The molecule has 1 aromatic rings. The van der Waals surface area contributed by atoms with E-state index in [-0.39, 0.29) is 30.0 Å². The van der Waals surface area contributed by atoms with Crippen LogP contribution in [0.4, 0.5) is 4.39 Å². The Balaban J connectivity index is 2.26. The van der Waals surface area contributed by atoms with Crippen LogP contribution in [0.1, 0.15) is 24.3 Å². The molecule has 0 bridgehead atoms. The zero-order valence-corrected chi connectivity index (χ0v) is 8.32. The Hall–Kier alpha value is -1.22. The van der Waals surface area contributed by atoms with Crippen LogP contribution >= 0.6 is 0 Å². The van der Waals surface area contributed by atoms with Gasteiger partial charge in [-0.3, -0.25) is 4.79 Å². The standard InChI is InChI=1S/C12H13FO2/c13-10-3-1-2-8(4-10)12-6-11(15)5-9(12)7-14/h1-4,9,12,14H,5-7H2/t9-,12-/m0/s1. The van der Waals surface area contributed by atoms with Crippen LogP contribution in [0.15, 0.2) is 24.3 Å². The molecule has 1 fully saturated rings. The van der Waals surface area contributed by atoms with E-state index in [1.54, 1.807) is 6.07 Å². The number of ketones is 1. The van der Waals surface area contributed by atoms with E-state index in [4.69, 9.17) is 5.11 Å². The molecule has 0 aromatic heterocycles. The van der Waals surface area contributed by atoms with E-state index in [1.165, 1.54) is 12.1 Å². The summed E-state index contributed by atoms with van der Waals surface area (Å²) in [6.07, 6.45) is 0.840. The maximum Gasteiger partial charge on any atom is 0.133 e. The van der Waals surface area contributed by atoms with Gasteiger partial charge in [0.1, 0.15) is 11.6 Å². The molecule has 0 radical (unpaired) electrons. The van der Waals surface area contributed by atoms with E-state index < -0.39 is 0 Å². The number of Topliss-reactive ketones (excluding diaryl/α,β-unsaturated/α-hetero) is 1. The molecule has 0 saturated heterocycles. The van der Waals surface area contributed by atoms with Gasteiger partial charge in [-0.25, -0.2) is 4.39 Å². The van der Waals surface area contributed by atoms with Crippen molar-refractivity contribution in [2.75, 3.05) is 6.61 Å². The molecule has 0 aliphatic heterocycles. The topological polar surface area (TPSA) is 37.3 Å². The summed E-state index contributed by atoms with van der Waals surface area (Å²) in [4.78, 5) is 11.3. The van der Waals surface area contributed by atoms with Crippen molar-refractivity contribution in [3.05, 3.63) is 35.6 Å². The summed E-state index contributed by atoms with van der Waals surface area (Å²) in [5.41, 5.74) is 0.819. The van der Waals surface area contributed by atoms with Gasteiger partial charge in [-0.05, 0) is 29.5 Å². The van der Waals surface area contributed by atoms with Gasteiger partial charge in [-0.2, -0.15) is 0 Å². The minimum atomic E-state index is -0.288. The van der Waals surface area contributed by atoms with Crippen LogP contribution in [-0.4, -0.2) is 17.5 Å². The zero-order chi connectivity index (χ0) is 10.8. The number of hydrogen-bond donors (Lipinski definition) is 1. The SMILES string of the molecule is O=C1C[C@@H](CO)[C@H](c2cccc(F)c2)C1. The maximum absolute atomic E-state index is 13.0. The molecule has 1 N–H and O–H groups in total. The van der Waals surface area contributed by atoms with E-state index in [0.29, 0.717) is 12.8 Å². The van der Waals surface area contributed by atoms with E-state index >= 15 is 0 Å². The first-order valence-electron chi connectivity index (χ1n) is 5.08. The Kier molecular flexibility index (Phi) is 2.82. The molecule has 1 aromatic carbocycles. The summed E-state index contributed by atoms with van der Waals surface area (Å²) in [6.45, 7) is -0.00702. The molecule has 1 aliphatic carbocycles. The van der Waals surface area contributed by atoms with E-state index in [2.05, 4.69) is 0 Å². The van der Waals surface area contributed by atoms with Gasteiger partial charge in [-0.15, -0.1) is 0 Å². The number of rotatable bonds is 2. The normalized spacial score (nSPS) is 25.9. The van der Waals surface area contributed by atoms with Crippen molar-refractivity contribution < 1.29 is 14.3 Å². The fraction of sp³-hybridized carbons (Fsp3) is 0.417. The monoisotopic (exact) mass is 208 g/mol. The molecule has 3 heteroatoms. The lowest BCUT2D eigenvalue weighted by atomic mass is 9.89. The van der Waals surface area contributed by atoms with Crippen molar-refractivity contribution in [1.29, 1.82) is 0 Å². The van der Waals surface area contributed by atoms with Gasteiger partial charge >= 0.3 is 0 Å². The Morgan fingerprint density at radius 2 is 2.20 bits per heavy atom. The Morgan fingerprint density at radius 3 is 2.87 bits per heavy atom. The average molecular weight is 208 g/mol. The molecular weight excluding hydrogens is 195 g/mol. The van der Waals surface area contributed by atoms with Gasteiger partial charge in [0.05, 0.1) is 0 Å². The number of aliphatic hydroxyl groups is 1. The van der Waals surface area contributed by atoms with Crippen molar-refractivity contribution in [3.8, 4) is 0 Å². The summed E-state index contributed by atoms with van der Waals surface area (Å²) in [5.74, 6) is -0.190. The van der Waals surface area contributed by atoms with Crippen LogP contribution in [0.25, 0.3) is 0 Å². The average Bonchev–Trinajstić information content (AvgIpc) is 2.59. The number of halogens is 1. The molecule has 0 spiro atoms. The number of carbonyl (C=O) groups is 1. The third-order valence-corrected chi connectivity index (χ3v) is 3.02. The molecule has 2 nitrogen and oxygen atoms in total. The van der Waals surface area contributed by atoms with Crippen molar-refractivity contribution >= 4 is 5.78 Å². The number of carbonyl (C=O) groups excluding carboxylic acids is 1. The summed E-state index contributed by atoms with van der Waals surface area (Å²) in [5, 5.41) is 9.14. The summed E-state index contributed by atoms with van der Waals surface area (Å²) < 4.78 is 13.0. The minimum Gasteiger partial charge on any atom is -0.396 e. The molecule has 80 valence electrons. The smallest absolute Gasteiger partial charge is 0.133 e. The van der Waals surface area contributed by atoms with E-state index in [1.807, 2.05) is 6.07 Å². The van der Waals surface area contributed by atoms with Gasteiger partial charge < -0.3 is 5.11 Å². The second-order valence-electron chi connectivity index (χ2n) is 4.05. The fourth-order valence-electron chi connectivity index (χ4n) is 2.25. The van der Waals surface area contributed by atoms with Crippen LogP contribution in [-0.2, 0) is 4.79 Å². The van der Waals surface area contributed by atoms with Crippen LogP contribution < -0.4 is 0 Å². The second kappa shape index (κ2) is 4.11. The largest absolute Gasteiger partial charge is 0.396 e. The van der Waals surface area contributed by atoms with Crippen LogP contribution in [0.3, 0.4) is 0 Å². The van der Waals surface area contributed by atoms with Crippen LogP contribution in [0.2, 0.25) is 0 Å². The van der Waals surface area contributed by atoms with Crippen molar-refractivity contribution in [1.82, 2.24) is 0 Å². The molecule has 0 unspecified atom stereocenters. The van der Waals surface area contributed by atoms with Gasteiger partial charge in [-0.1, -0.05) is 12.1 Å². The van der Waals surface area contributed by atoms with Gasteiger partial charge in [0.25, 0.3) is 0 Å². The summed E-state index contributed by atoms with van der Waals surface area (Å²) in [7, 11) is 0. The molecule has 15 heavy (non-hydrogen) atoms.